The van der Waals surface area contributed by atoms with Crippen LogP contribution in [-0.2, 0) is 5.41 Å². The van der Waals surface area contributed by atoms with Crippen molar-refractivity contribution >= 4 is 11.8 Å². The fourth-order valence-corrected chi connectivity index (χ4v) is 5.76. The molecule has 1 heterocycles. The van der Waals surface area contributed by atoms with Crippen molar-refractivity contribution in [3.63, 3.8) is 0 Å². The molecular formula is C31H36N2S. The molecule has 3 aromatic carbocycles. The maximum atomic E-state index is 4.92. The monoisotopic (exact) mass is 468 g/mol. The van der Waals surface area contributed by atoms with Gasteiger partial charge in [0.05, 0.1) is 5.69 Å². The Morgan fingerprint density at radius 1 is 0.794 bits per heavy atom. The van der Waals surface area contributed by atoms with Crippen LogP contribution >= 0.6 is 11.8 Å². The van der Waals surface area contributed by atoms with Crippen LogP contribution < -0.4 is 0 Å². The Kier molecular flexibility index (Phi) is 7.04. The van der Waals surface area contributed by atoms with Crippen molar-refractivity contribution in [2.45, 2.75) is 76.5 Å². The van der Waals surface area contributed by atoms with Crippen molar-refractivity contribution in [3.8, 4) is 17.1 Å². The smallest absolute Gasteiger partial charge is 0.144 e. The zero-order chi connectivity index (χ0) is 24.5. The van der Waals surface area contributed by atoms with Gasteiger partial charge in [-0.05, 0) is 86.9 Å². The molecule has 0 aliphatic carbocycles. The summed E-state index contributed by atoms with van der Waals surface area (Å²) in [4.78, 5) is 7.42. The normalized spacial score (nSPS) is 11.7. The van der Waals surface area contributed by atoms with Crippen LogP contribution in [0.25, 0.3) is 17.1 Å². The van der Waals surface area contributed by atoms with Crippen LogP contribution in [-0.4, -0.2) is 9.55 Å². The van der Waals surface area contributed by atoms with E-state index in [1.807, 2.05) is 18.0 Å². The molecule has 0 fully saturated rings. The number of aryl methyl sites for hydroxylation is 4. The molecule has 0 bridgehead atoms. The molecule has 0 unspecified atom stereocenters. The molecule has 0 radical (unpaired) electrons. The van der Waals surface area contributed by atoms with E-state index >= 15 is 0 Å². The van der Waals surface area contributed by atoms with Gasteiger partial charge in [0.25, 0.3) is 0 Å². The third-order valence-electron chi connectivity index (χ3n) is 7.22. The predicted molar refractivity (Wildman–Crippen MR) is 146 cm³/mol. The predicted octanol–water partition coefficient (Wildman–Crippen LogP) is 9.00. The number of benzene rings is 3. The van der Waals surface area contributed by atoms with Gasteiger partial charge in [0.15, 0.2) is 0 Å². The first-order valence-electron chi connectivity index (χ1n) is 12.3. The van der Waals surface area contributed by atoms with E-state index in [0.717, 1.165) is 18.7 Å². The Balaban J connectivity index is 1.90. The molecule has 0 saturated carbocycles. The molecule has 176 valence electrons. The highest BCUT2D eigenvalue weighted by molar-refractivity contribution is 7.99. The third-order valence-corrected chi connectivity index (χ3v) is 8.21. The molecule has 4 aromatic rings. The van der Waals surface area contributed by atoms with Crippen molar-refractivity contribution in [2.24, 2.45) is 0 Å². The lowest BCUT2D eigenvalue weighted by atomic mass is 9.75. The van der Waals surface area contributed by atoms with E-state index in [1.54, 1.807) is 0 Å². The minimum atomic E-state index is 0.0938. The number of hydrogen-bond donors (Lipinski definition) is 0. The van der Waals surface area contributed by atoms with Crippen molar-refractivity contribution < 1.29 is 0 Å². The number of rotatable bonds is 7. The Morgan fingerprint density at radius 3 is 2.03 bits per heavy atom. The van der Waals surface area contributed by atoms with E-state index in [2.05, 4.69) is 114 Å². The summed E-state index contributed by atoms with van der Waals surface area (Å²) in [6.45, 7) is 15.7. The Morgan fingerprint density at radius 2 is 1.41 bits per heavy atom. The van der Waals surface area contributed by atoms with Gasteiger partial charge >= 0.3 is 0 Å². The van der Waals surface area contributed by atoms with Crippen LogP contribution in [0.4, 0.5) is 0 Å². The molecular weight excluding hydrogens is 432 g/mol. The SMILES string of the molecule is CCC(C)(CC)c1ccc(Sc2ccc(C)cc2)cc1-c1nccn1-c1c(C)cc(C)cc1C. The van der Waals surface area contributed by atoms with Gasteiger partial charge in [0.1, 0.15) is 5.82 Å². The maximum absolute atomic E-state index is 4.92. The Bertz CT molecular complexity index is 1270. The molecule has 0 aliphatic rings. The van der Waals surface area contributed by atoms with E-state index in [-0.39, 0.29) is 5.41 Å². The van der Waals surface area contributed by atoms with Gasteiger partial charge in [-0.25, -0.2) is 4.98 Å². The fraction of sp³-hybridized carbons (Fsp3) is 0.323. The molecule has 4 rings (SSSR count). The van der Waals surface area contributed by atoms with Crippen molar-refractivity contribution in [2.75, 3.05) is 0 Å². The molecule has 0 atom stereocenters. The number of aromatic nitrogens is 2. The summed E-state index contributed by atoms with van der Waals surface area (Å²) < 4.78 is 2.29. The average molecular weight is 469 g/mol. The van der Waals surface area contributed by atoms with Gasteiger partial charge in [0.2, 0.25) is 0 Å². The second-order valence-electron chi connectivity index (χ2n) is 9.76. The van der Waals surface area contributed by atoms with Crippen LogP contribution in [0.15, 0.2) is 76.8 Å². The zero-order valence-corrected chi connectivity index (χ0v) is 22.4. The van der Waals surface area contributed by atoms with Gasteiger partial charge in [0, 0.05) is 27.7 Å². The van der Waals surface area contributed by atoms with E-state index < -0.39 is 0 Å². The van der Waals surface area contributed by atoms with Crippen LogP contribution in [0.5, 0.6) is 0 Å². The van der Waals surface area contributed by atoms with Gasteiger partial charge in [-0.2, -0.15) is 0 Å². The first kappa shape index (κ1) is 24.3. The second kappa shape index (κ2) is 9.84. The highest BCUT2D eigenvalue weighted by Crippen LogP contribution is 2.41. The number of hydrogen-bond acceptors (Lipinski definition) is 2. The van der Waals surface area contributed by atoms with E-state index in [1.165, 1.54) is 48.9 Å². The van der Waals surface area contributed by atoms with Crippen molar-refractivity contribution in [1.29, 1.82) is 0 Å². The van der Waals surface area contributed by atoms with Gasteiger partial charge in [-0.3, -0.25) is 4.57 Å². The van der Waals surface area contributed by atoms with Gasteiger partial charge in [-0.1, -0.05) is 74.0 Å². The molecule has 34 heavy (non-hydrogen) atoms. The van der Waals surface area contributed by atoms with Crippen LogP contribution in [0.3, 0.4) is 0 Å². The van der Waals surface area contributed by atoms with Crippen LogP contribution in [0.2, 0.25) is 0 Å². The lowest BCUT2D eigenvalue weighted by Crippen LogP contribution is -2.21. The molecule has 0 aliphatic heterocycles. The van der Waals surface area contributed by atoms with Crippen molar-refractivity contribution in [3.05, 3.63) is 94.8 Å². The van der Waals surface area contributed by atoms with Gasteiger partial charge in [-0.15, -0.1) is 0 Å². The third kappa shape index (κ3) is 4.72. The largest absolute Gasteiger partial charge is 0.299 e. The summed E-state index contributed by atoms with van der Waals surface area (Å²) in [5, 5.41) is 0. The fourth-order valence-electron chi connectivity index (χ4n) is 4.91. The molecule has 0 saturated heterocycles. The van der Waals surface area contributed by atoms with E-state index in [0.29, 0.717) is 0 Å². The summed E-state index contributed by atoms with van der Waals surface area (Å²) in [6, 6.07) is 20.3. The summed E-state index contributed by atoms with van der Waals surface area (Å²) in [5.74, 6) is 1.02. The Labute approximate surface area is 209 Å². The van der Waals surface area contributed by atoms with E-state index in [9.17, 15) is 0 Å². The number of nitrogens with zero attached hydrogens (tertiary/aromatic N) is 2. The van der Waals surface area contributed by atoms with Crippen molar-refractivity contribution in [1.82, 2.24) is 9.55 Å². The first-order valence-corrected chi connectivity index (χ1v) is 13.1. The summed E-state index contributed by atoms with van der Waals surface area (Å²) in [7, 11) is 0. The van der Waals surface area contributed by atoms with Gasteiger partial charge < -0.3 is 0 Å². The van der Waals surface area contributed by atoms with Crippen LogP contribution in [0, 0.1) is 27.7 Å². The highest BCUT2D eigenvalue weighted by atomic mass is 32.2. The average Bonchev–Trinajstić information content (AvgIpc) is 3.28. The quantitative estimate of drug-likeness (QED) is 0.269. The summed E-state index contributed by atoms with van der Waals surface area (Å²) in [6.07, 6.45) is 6.22. The molecule has 3 heteroatoms. The summed E-state index contributed by atoms with van der Waals surface area (Å²) in [5.41, 5.74) is 9.06. The topological polar surface area (TPSA) is 17.8 Å². The van der Waals surface area contributed by atoms with E-state index in [4.69, 9.17) is 4.98 Å². The van der Waals surface area contributed by atoms with Crippen LogP contribution in [0.1, 0.15) is 61.4 Å². The molecule has 0 amide bonds. The highest BCUT2D eigenvalue weighted by Gasteiger charge is 2.28. The molecule has 2 nitrogen and oxygen atoms in total. The zero-order valence-electron chi connectivity index (χ0n) is 21.6. The Hall–Kier alpha value is -2.78. The standard InChI is InChI=1S/C31H36N2S/c1-8-31(7,9-2)28-15-14-26(34-25-12-10-21(3)11-13-25)20-27(28)30-32-16-17-33(30)29-23(5)18-22(4)19-24(29)6/h10-20H,8-9H2,1-7H3. The number of imidazole rings is 1. The lowest BCUT2D eigenvalue weighted by Gasteiger charge is -2.30. The minimum Gasteiger partial charge on any atom is -0.299 e. The molecule has 0 N–H and O–H groups in total. The molecule has 0 spiro atoms. The second-order valence-corrected chi connectivity index (χ2v) is 10.9. The maximum Gasteiger partial charge on any atom is 0.144 e. The first-order chi connectivity index (χ1) is 16.3. The lowest BCUT2D eigenvalue weighted by molar-refractivity contribution is 0.439. The minimum absolute atomic E-state index is 0.0938. The molecule has 1 aromatic heterocycles. The summed E-state index contributed by atoms with van der Waals surface area (Å²) >= 11 is 1.82.